The Bertz CT molecular complexity index is 423. The number of epoxide rings is 1. The number of carboxylic acid groups (broad SMARTS) is 1. The van der Waals surface area contributed by atoms with Gasteiger partial charge in [-0.05, 0) is 54.8 Å². The predicted octanol–water partition coefficient (Wildman–Crippen LogP) is 2.69. The third kappa shape index (κ3) is 0.974. The van der Waals surface area contributed by atoms with Gasteiger partial charge in [0.25, 0.3) is 0 Å². The summed E-state index contributed by atoms with van der Waals surface area (Å²) in [7, 11) is 0. The van der Waals surface area contributed by atoms with Crippen LogP contribution in [0, 0.1) is 28.6 Å². The third-order valence-electron chi connectivity index (χ3n) is 7.14. The molecule has 0 aromatic carbocycles. The first kappa shape index (κ1) is 11.3. The maximum Gasteiger partial charge on any atom is 0.307 e. The van der Waals surface area contributed by atoms with Crippen molar-refractivity contribution >= 4 is 5.97 Å². The van der Waals surface area contributed by atoms with Gasteiger partial charge in [-0.25, -0.2) is 0 Å². The molecular weight excluding hydrogens is 228 g/mol. The van der Waals surface area contributed by atoms with Gasteiger partial charge < -0.3 is 9.84 Å². The Hall–Kier alpha value is -0.570. The first-order valence-corrected chi connectivity index (χ1v) is 7.31. The van der Waals surface area contributed by atoms with Gasteiger partial charge in [-0.2, -0.15) is 0 Å². The van der Waals surface area contributed by atoms with Crippen LogP contribution >= 0.6 is 0 Å². The van der Waals surface area contributed by atoms with E-state index in [1.807, 2.05) is 0 Å². The summed E-state index contributed by atoms with van der Waals surface area (Å²) in [5.41, 5.74) is 0.337. The molecule has 0 radical (unpaired) electrons. The lowest BCUT2D eigenvalue weighted by atomic mass is 9.52. The van der Waals surface area contributed by atoms with Gasteiger partial charge in [0.2, 0.25) is 0 Å². The fourth-order valence-electron chi connectivity index (χ4n) is 6.02. The number of hydrogen-bond donors (Lipinski definition) is 1. The Morgan fingerprint density at radius 1 is 1.28 bits per heavy atom. The smallest absolute Gasteiger partial charge is 0.307 e. The van der Waals surface area contributed by atoms with E-state index < -0.39 is 5.97 Å². The zero-order valence-corrected chi connectivity index (χ0v) is 11.2. The van der Waals surface area contributed by atoms with Crippen molar-refractivity contribution in [2.45, 2.75) is 51.6 Å². The van der Waals surface area contributed by atoms with Crippen LogP contribution in [0.2, 0.25) is 0 Å². The molecule has 1 heterocycles. The number of rotatable bonds is 1. The van der Waals surface area contributed by atoms with E-state index in [-0.39, 0.29) is 22.3 Å². The summed E-state index contributed by atoms with van der Waals surface area (Å²) in [6.45, 7) is 5.58. The highest BCUT2D eigenvalue weighted by Gasteiger charge is 2.76. The van der Waals surface area contributed by atoms with Crippen LogP contribution in [-0.2, 0) is 9.53 Å². The molecule has 1 saturated heterocycles. The SMILES string of the molecule is CC1(C)C2CCC3(C2)C(C(=O)O)CCC3C12CO2. The van der Waals surface area contributed by atoms with Crippen LogP contribution < -0.4 is 0 Å². The Balaban J connectivity index is 1.82. The number of hydrogen-bond acceptors (Lipinski definition) is 2. The molecule has 3 heteroatoms. The molecule has 18 heavy (non-hydrogen) atoms. The van der Waals surface area contributed by atoms with Crippen molar-refractivity contribution in [2.75, 3.05) is 6.61 Å². The maximum absolute atomic E-state index is 11.6. The zero-order valence-electron chi connectivity index (χ0n) is 11.2. The molecule has 1 N–H and O–H groups in total. The highest BCUT2D eigenvalue weighted by Crippen LogP contribution is 2.75. The molecule has 3 nitrogen and oxygen atoms in total. The van der Waals surface area contributed by atoms with E-state index >= 15 is 0 Å². The van der Waals surface area contributed by atoms with Crippen LogP contribution in [0.3, 0.4) is 0 Å². The maximum atomic E-state index is 11.6. The zero-order chi connectivity index (χ0) is 12.8. The lowest BCUT2D eigenvalue weighted by molar-refractivity contribution is -0.149. The van der Waals surface area contributed by atoms with E-state index in [0.29, 0.717) is 11.8 Å². The summed E-state index contributed by atoms with van der Waals surface area (Å²) >= 11 is 0. The molecule has 2 bridgehead atoms. The van der Waals surface area contributed by atoms with Crippen molar-refractivity contribution in [1.82, 2.24) is 0 Å². The van der Waals surface area contributed by atoms with E-state index in [2.05, 4.69) is 13.8 Å². The van der Waals surface area contributed by atoms with Gasteiger partial charge >= 0.3 is 5.97 Å². The van der Waals surface area contributed by atoms with Crippen molar-refractivity contribution in [2.24, 2.45) is 28.6 Å². The molecule has 0 aromatic heterocycles. The lowest BCUT2D eigenvalue weighted by Gasteiger charge is -2.51. The average Bonchev–Trinajstić information content (AvgIpc) is 2.85. The van der Waals surface area contributed by atoms with Crippen LogP contribution in [0.25, 0.3) is 0 Å². The van der Waals surface area contributed by atoms with Gasteiger partial charge in [0.05, 0.1) is 12.5 Å². The predicted molar refractivity (Wildman–Crippen MR) is 66.1 cm³/mol. The Labute approximate surface area is 108 Å². The molecule has 100 valence electrons. The molecule has 4 rings (SSSR count). The van der Waals surface area contributed by atoms with E-state index in [1.165, 1.54) is 6.42 Å². The molecule has 3 aliphatic carbocycles. The Kier molecular flexibility index (Phi) is 1.85. The second kappa shape index (κ2) is 2.95. The molecule has 0 amide bonds. The molecule has 3 saturated carbocycles. The highest BCUT2D eigenvalue weighted by molar-refractivity contribution is 5.72. The Morgan fingerprint density at radius 2 is 2.00 bits per heavy atom. The first-order valence-electron chi connectivity index (χ1n) is 7.31. The summed E-state index contributed by atoms with van der Waals surface area (Å²) < 4.78 is 5.98. The average molecular weight is 250 g/mol. The monoisotopic (exact) mass is 250 g/mol. The van der Waals surface area contributed by atoms with Crippen molar-refractivity contribution in [1.29, 1.82) is 0 Å². The van der Waals surface area contributed by atoms with Gasteiger partial charge in [-0.15, -0.1) is 0 Å². The van der Waals surface area contributed by atoms with E-state index in [9.17, 15) is 9.90 Å². The molecular formula is C15H22O3. The minimum Gasteiger partial charge on any atom is -0.481 e. The lowest BCUT2D eigenvalue weighted by Crippen LogP contribution is -2.53. The van der Waals surface area contributed by atoms with Crippen LogP contribution in [0.4, 0.5) is 0 Å². The van der Waals surface area contributed by atoms with Gasteiger partial charge in [-0.1, -0.05) is 13.8 Å². The van der Waals surface area contributed by atoms with Gasteiger partial charge in [0.1, 0.15) is 5.60 Å². The van der Waals surface area contributed by atoms with Gasteiger partial charge in [0.15, 0.2) is 0 Å². The first-order chi connectivity index (χ1) is 8.44. The number of carboxylic acids is 1. The normalized spacial score (nSPS) is 55.6. The van der Waals surface area contributed by atoms with Crippen LogP contribution in [0.1, 0.15) is 46.0 Å². The second-order valence-corrected chi connectivity index (χ2v) is 7.59. The molecule has 4 fully saturated rings. The fourth-order valence-corrected chi connectivity index (χ4v) is 6.02. The highest BCUT2D eigenvalue weighted by atomic mass is 16.6. The topological polar surface area (TPSA) is 49.8 Å². The minimum atomic E-state index is -0.561. The quantitative estimate of drug-likeness (QED) is 0.728. The van der Waals surface area contributed by atoms with Crippen LogP contribution in [-0.4, -0.2) is 23.3 Å². The van der Waals surface area contributed by atoms with E-state index in [1.54, 1.807) is 0 Å². The summed E-state index contributed by atoms with van der Waals surface area (Å²) in [6.07, 6.45) is 5.39. The molecule has 5 unspecified atom stereocenters. The summed E-state index contributed by atoms with van der Waals surface area (Å²) in [4.78, 5) is 11.6. The van der Waals surface area contributed by atoms with Crippen molar-refractivity contribution in [3.05, 3.63) is 0 Å². The summed E-state index contributed by atoms with van der Waals surface area (Å²) in [5, 5.41) is 9.55. The summed E-state index contributed by atoms with van der Waals surface area (Å²) in [5.74, 6) is 0.495. The number of ether oxygens (including phenoxy) is 1. The molecule has 4 aliphatic rings. The number of carbonyl (C=O) groups is 1. The van der Waals surface area contributed by atoms with Crippen molar-refractivity contribution < 1.29 is 14.6 Å². The van der Waals surface area contributed by atoms with E-state index in [4.69, 9.17) is 4.74 Å². The van der Waals surface area contributed by atoms with Crippen LogP contribution in [0.15, 0.2) is 0 Å². The van der Waals surface area contributed by atoms with E-state index in [0.717, 1.165) is 32.3 Å². The van der Waals surface area contributed by atoms with Crippen molar-refractivity contribution in [3.8, 4) is 0 Å². The Morgan fingerprint density at radius 3 is 2.61 bits per heavy atom. The molecule has 0 aromatic rings. The number of aliphatic carboxylic acids is 1. The number of fused-ring (bicyclic) bond motifs is 2. The van der Waals surface area contributed by atoms with Crippen LogP contribution in [0.5, 0.6) is 0 Å². The molecule has 5 atom stereocenters. The summed E-state index contributed by atoms with van der Waals surface area (Å²) in [6, 6.07) is 0. The van der Waals surface area contributed by atoms with Gasteiger partial charge in [0, 0.05) is 0 Å². The standard InChI is InChI=1S/C15H22O3/c1-13(2)9-5-6-14(7-9)10(12(16)17)3-4-11(14)15(13)8-18-15/h9-11H,3-8H2,1-2H3,(H,16,17). The largest absolute Gasteiger partial charge is 0.481 e. The third-order valence-corrected chi connectivity index (χ3v) is 7.14. The van der Waals surface area contributed by atoms with Gasteiger partial charge in [-0.3, -0.25) is 4.79 Å². The second-order valence-electron chi connectivity index (χ2n) is 7.59. The molecule has 2 spiro atoms. The minimum absolute atomic E-state index is 0.0244. The molecule has 1 aliphatic heterocycles. The van der Waals surface area contributed by atoms with Crippen molar-refractivity contribution in [3.63, 3.8) is 0 Å². The fraction of sp³-hybridized carbons (Fsp3) is 0.933.